The number of thioether (sulfide) groups is 1. The van der Waals surface area contributed by atoms with Gasteiger partial charge in [0.15, 0.2) is 10.9 Å². The molecule has 10 heteroatoms. The highest BCUT2D eigenvalue weighted by Crippen LogP contribution is 2.23. The molecular formula is C21H16F2N6OS. The molecule has 4 aromatic rings. The highest BCUT2D eigenvalue weighted by molar-refractivity contribution is 7.98. The Balaban J connectivity index is 1.58. The molecule has 2 aromatic heterocycles. The van der Waals surface area contributed by atoms with Crippen molar-refractivity contribution in [3.63, 3.8) is 0 Å². The maximum Gasteiger partial charge on any atom is 0.274 e. The number of carbonyl (C=O) groups excluding carboxylic acids is 1. The predicted octanol–water partition coefficient (Wildman–Crippen LogP) is 3.56. The monoisotopic (exact) mass is 438 g/mol. The molecule has 31 heavy (non-hydrogen) atoms. The van der Waals surface area contributed by atoms with Crippen molar-refractivity contribution in [3.8, 4) is 5.69 Å². The highest BCUT2D eigenvalue weighted by atomic mass is 32.2. The van der Waals surface area contributed by atoms with E-state index in [4.69, 9.17) is 0 Å². The number of aromatic nitrogens is 5. The second kappa shape index (κ2) is 9.43. The molecule has 1 amide bonds. The molecule has 0 aliphatic heterocycles. The maximum atomic E-state index is 13.3. The van der Waals surface area contributed by atoms with Crippen molar-refractivity contribution in [2.75, 3.05) is 0 Å². The van der Waals surface area contributed by atoms with Crippen molar-refractivity contribution < 1.29 is 13.6 Å². The summed E-state index contributed by atoms with van der Waals surface area (Å²) in [4.78, 5) is 21.2. The quantitative estimate of drug-likeness (QED) is 0.351. The first-order valence-corrected chi connectivity index (χ1v) is 10.2. The van der Waals surface area contributed by atoms with Gasteiger partial charge in [0, 0.05) is 24.7 Å². The van der Waals surface area contributed by atoms with Crippen molar-refractivity contribution in [2.24, 2.45) is 0 Å². The van der Waals surface area contributed by atoms with Gasteiger partial charge in [-0.05, 0) is 48.0 Å². The van der Waals surface area contributed by atoms with Gasteiger partial charge in [0.1, 0.15) is 11.6 Å². The lowest BCUT2D eigenvalue weighted by molar-refractivity contribution is 0.0945. The van der Waals surface area contributed by atoms with Gasteiger partial charge in [-0.3, -0.25) is 4.79 Å². The second-order valence-electron chi connectivity index (χ2n) is 6.40. The predicted molar refractivity (Wildman–Crippen MR) is 110 cm³/mol. The molecule has 0 saturated carbocycles. The number of hydrogen-bond acceptors (Lipinski definition) is 6. The minimum absolute atomic E-state index is 0.134. The van der Waals surface area contributed by atoms with Crippen LogP contribution in [0.3, 0.4) is 0 Å². The Morgan fingerprint density at radius 3 is 2.29 bits per heavy atom. The minimum Gasteiger partial charge on any atom is -0.347 e. The Kier molecular flexibility index (Phi) is 6.27. The summed E-state index contributed by atoms with van der Waals surface area (Å²) in [6.45, 7) is 0.205. The van der Waals surface area contributed by atoms with Crippen LogP contribution in [0, 0.1) is 11.6 Å². The Morgan fingerprint density at radius 1 is 0.968 bits per heavy atom. The molecule has 1 N–H and O–H groups in total. The summed E-state index contributed by atoms with van der Waals surface area (Å²) in [5, 5.41) is 11.4. The SMILES string of the molecule is O=C(NCc1ccc(F)cc1)c1nnn(-c2ccc(F)cc2)c1CSc1ncccn1. The van der Waals surface area contributed by atoms with Crippen LogP contribution in [-0.2, 0) is 12.3 Å². The molecule has 4 rings (SSSR count). The zero-order valence-electron chi connectivity index (χ0n) is 16.1. The first-order chi connectivity index (χ1) is 15.1. The largest absolute Gasteiger partial charge is 0.347 e. The number of carbonyl (C=O) groups is 1. The Bertz CT molecular complexity index is 1170. The number of amides is 1. The van der Waals surface area contributed by atoms with Crippen molar-refractivity contribution in [2.45, 2.75) is 17.5 Å². The number of hydrogen-bond donors (Lipinski definition) is 1. The fraction of sp³-hybridized carbons (Fsp3) is 0.0952. The topological polar surface area (TPSA) is 85.6 Å². The molecular weight excluding hydrogens is 422 g/mol. The van der Waals surface area contributed by atoms with E-state index in [-0.39, 0.29) is 23.9 Å². The minimum atomic E-state index is -0.428. The zero-order chi connectivity index (χ0) is 21.6. The fourth-order valence-corrected chi connectivity index (χ4v) is 3.55. The normalized spacial score (nSPS) is 10.8. The fourth-order valence-electron chi connectivity index (χ4n) is 2.76. The van der Waals surface area contributed by atoms with E-state index in [1.165, 1.54) is 40.7 Å². The number of nitrogens with zero attached hydrogens (tertiary/aromatic N) is 5. The molecule has 0 aliphatic rings. The molecule has 7 nitrogen and oxygen atoms in total. The summed E-state index contributed by atoms with van der Waals surface area (Å²) in [5.74, 6) is -0.843. The first kappa shape index (κ1) is 20.6. The van der Waals surface area contributed by atoms with E-state index in [2.05, 4.69) is 25.6 Å². The molecule has 0 atom stereocenters. The van der Waals surface area contributed by atoms with E-state index in [1.54, 1.807) is 42.7 Å². The van der Waals surface area contributed by atoms with Crippen LogP contribution in [-0.4, -0.2) is 30.9 Å². The van der Waals surface area contributed by atoms with Crippen LogP contribution < -0.4 is 5.32 Å². The first-order valence-electron chi connectivity index (χ1n) is 9.23. The van der Waals surface area contributed by atoms with Crippen LogP contribution >= 0.6 is 11.8 Å². The molecule has 0 aliphatic carbocycles. The third-order valence-corrected chi connectivity index (χ3v) is 5.18. The standard InChI is InChI=1S/C21H16F2N6OS/c22-15-4-2-14(3-5-15)12-26-20(30)19-18(13-31-21-24-10-1-11-25-21)29(28-27-19)17-8-6-16(23)7-9-17/h1-11H,12-13H2,(H,26,30). The molecule has 0 saturated heterocycles. The summed E-state index contributed by atoms with van der Waals surface area (Å²) >= 11 is 1.32. The van der Waals surface area contributed by atoms with Gasteiger partial charge in [-0.15, -0.1) is 5.10 Å². The van der Waals surface area contributed by atoms with Gasteiger partial charge in [-0.25, -0.2) is 23.4 Å². The van der Waals surface area contributed by atoms with Crippen LogP contribution in [0.5, 0.6) is 0 Å². The van der Waals surface area contributed by atoms with Gasteiger partial charge in [-0.1, -0.05) is 29.1 Å². The zero-order valence-corrected chi connectivity index (χ0v) is 16.9. The Hall–Kier alpha value is -3.66. The van der Waals surface area contributed by atoms with E-state index >= 15 is 0 Å². The number of nitrogens with one attached hydrogen (secondary N) is 1. The second-order valence-corrected chi connectivity index (χ2v) is 7.34. The number of benzene rings is 2. The Morgan fingerprint density at radius 2 is 1.61 bits per heavy atom. The molecule has 0 unspecified atom stereocenters. The van der Waals surface area contributed by atoms with E-state index in [0.717, 1.165) is 5.56 Å². The third-order valence-electron chi connectivity index (χ3n) is 4.30. The third kappa shape index (κ3) is 5.10. The van der Waals surface area contributed by atoms with Crippen LogP contribution in [0.2, 0.25) is 0 Å². The van der Waals surface area contributed by atoms with Crippen LogP contribution in [0.25, 0.3) is 5.69 Å². The molecule has 0 spiro atoms. The van der Waals surface area contributed by atoms with Crippen LogP contribution in [0.4, 0.5) is 8.78 Å². The van der Waals surface area contributed by atoms with Crippen LogP contribution in [0.15, 0.2) is 72.1 Å². The lowest BCUT2D eigenvalue weighted by Crippen LogP contribution is -2.24. The van der Waals surface area contributed by atoms with Gasteiger partial charge < -0.3 is 5.32 Å². The molecule has 0 radical (unpaired) electrons. The number of halogens is 2. The summed E-state index contributed by atoms with van der Waals surface area (Å²) in [6, 6.07) is 13.3. The molecule has 0 bridgehead atoms. The summed E-state index contributed by atoms with van der Waals surface area (Å²) in [5.41, 5.74) is 1.96. The lowest BCUT2D eigenvalue weighted by Gasteiger charge is -2.08. The van der Waals surface area contributed by atoms with Gasteiger partial charge in [0.25, 0.3) is 5.91 Å². The Labute approximate surface area is 180 Å². The van der Waals surface area contributed by atoms with Crippen molar-refractivity contribution in [1.29, 1.82) is 0 Å². The average Bonchev–Trinajstić information content (AvgIpc) is 3.22. The van der Waals surface area contributed by atoms with Gasteiger partial charge in [-0.2, -0.15) is 0 Å². The van der Waals surface area contributed by atoms with Gasteiger partial charge >= 0.3 is 0 Å². The summed E-state index contributed by atoms with van der Waals surface area (Å²) < 4.78 is 27.9. The van der Waals surface area contributed by atoms with E-state index < -0.39 is 5.91 Å². The highest BCUT2D eigenvalue weighted by Gasteiger charge is 2.21. The van der Waals surface area contributed by atoms with Gasteiger partial charge in [0.2, 0.25) is 0 Å². The molecule has 0 fully saturated rings. The van der Waals surface area contributed by atoms with E-state index in [9.17, 15) is 13.6 Å². The van der Waals surface area contributed by atoms with E-state index in [1.807, 2.05) is 0 Å². The molecule has 2 aromatic carbocycles. The molecule has 156 valence electrons. The smallest absolute Gasteiger partial charge is 0.274 e. The summed E-state index contributed by atoms with van der Waals surface area (Å²) in [6.07, 6.45) is 3.25. The van der Waals surface area contributed by atoms with Crippen molar-refractivity contribution in [3.05, 3.63) is 95.6 Å². The maximum absolute atomic E-state index is 13.3. The van der Waals surface area contributed by atoms with Gasteiger partial charge in [0.05, 0.1) is 11.4 Å². The summed E-state index contributed by atoms with van der Waals surface area (Å²) in [7, 11) is 0. The average molecular weight is 438 g/mol. The number of rotatable bonds is 7. The lowest BCUT2D eigenvalue weighted by atomic mass is 10.2. The van der Waals surface area contributed by atoms with Crippen molar-refractivity contribution >= 4 is 17.7 Å². The molecule has 2 heterocycles. The van der Waals surface area contributed by atoms with E-state index in [0.29, 0.717) is 22.3 Å². The van der Waals surface area contributed by atoms with Crippen molar-refractivity contribution in [1.82, 2.24) is 30.3 Å². The van der Waals surface area contributed by atoms with Crippen LogP contribution in [0.1, 0.15) is 21.7 Å².